The molecular formula is C15H12N2O3S. The molecule has 2 heterocycles. The fourth-order valence-corrected chi connectivity index (χ4v) is 2.71. The minimum absolute atomic E-state index is 0.203. The fourth-order valence-electron chi connectivity index (χ4n) is 1.86. The first-order valence-electron chi connectivity index (χ1n) is 6.28. The summed E-state index contributed by atoms with van der Waals surface area (Å²) < 4.78 is 10.0. The Labute approximate surface area is 125 Å². The number of benzene rings is 1. The number of aromatic nitrogens is 2. The first-order valence-corrected chi connectivity index (χ1v) is 7.27. The molecule has 0 N–H and O–H groups in total. The third-order valence-electron chi connectivity index (χ3n) is 2.86. The van der Waals surface area contributed by atoms with Crippen LogP contribution >= 0.6 is 11.8 Å². The monoisotopic (exact) mass is 300 g/mol. The Morgan fingerprint density at radius 3 is 2.86 bits per heavy atom. The zero-order valence-corrected chi connectivity index (χ0v) is 12.1. The number of nitrogens with zero attached hydrogens (tertiary/aromatic N) is 2. The van der Waals surface area contributed by atoms with E-state index in [9.17, 15) is 4.79 Å². The van der Waals surface area contributed by atoms with Crippen molar-refractivity contribution in [1.29, 1.82) is 0 Å². The number of rotatable bonds is 4. The molecule has 0 atom stereocenters. The highest BCUT2D eigenvalue weighted by molar-refractivity contribution is 8.00. The SMILES string of the molecule is COC(=O)CSc1nc(-c2ccco2)nc2ccccc12. The number of thioether (sulfide) groups is 1. The van der Waals surface area contributed by atoms with E-state index in [1.54, 1.807) is 18.4 Å². The van der Waals surface area contributed by atoms with Crippen LogP contribution in [0, 0.1) is 0 Å². The Bertz CT molecular complexity index is 772. The first kappa shape index (κ1) is 13.6. The van der Waals surface area contributed by atoms with Gasteiger partial charge >= 0.3 is 5.97 Å². The van der Waals surface area contributed by atoms with Crippen molar-refractivity contribution in [1.82, 2.24) is 9.97 Å². The molecular weight excluding hydrogens is 288 g/mol. The zero-order chi connectivity index (χ0) is 14.7. The van der Waals surface area contributed by atoms with Crippen LogP contribution < -0.4 is 0 Å². The third kappa shape index (κ3) is 2.90. The second kappa shape index (κ2) is 5.97. The van der Waals surface area contributed by atoms with Crippen molar-refractivity contribution in [3.8, 4) is 11.6 Å². The summed E-state index contributed by atoms with van der Waals surface area (Å²) >= 11 is 1.33. The molecule has 0 radical (unpaired) electrons. The van der Waals surface area contributed by atoms with E-state index in [0.717, 1.165) is 15.9 Å². The Balaban J connectivity index is 2.05. The maximum absolute atomic E-state index is 11.3. The second-order valence-electron chi connectivity index (χ2n) is 4.21. The van der Waals surface area contributed by atoms with Gasteiger partial charge in [0.1, 0.15) is 5.03 Å². The van der Waals surface area contributed by atoms with Crippen LogP contribution in [0.5, 0.6) is 0 Å². The van der Waals surface area contributed by atoms with Crippen molar-refractivity contribution in [2.45, 2.75) is 5.03 Å². The van der Waals surface area contributed by atoms with Crippen LogP contribution in [0.4, 0.5) is 0 Å². The van der Waals surface area contributed by atoms with E-state index >= 15 is 0 Å². The van der Waals surface area contributed by atoms with E-state index in [1.165, 1.54) is 18.9 Å². The van der Waals surface area contributed by atoms with Gasteiger partial charge < -0.3 is 9.15 Å². The quantitative estimate of drug-likeness (QED) is 0.419. The van der Waals surface area contributed by atoms with Gasteiger partial charge in [-0.25, -0.2) is 9.97 Å². The van der Waals surface area contributed by atoms with Crippen molar-refractivity contribution < 1.29 is 13.9 Å². The number of hydrogen-bond acceptors (Lipinski definition) is 6. The molecule has 0 saturated carbocycles. The molecule has 6 heteroatoms. The largest absolute Gasteiger partial charge is 0.468 e. The molecule has 0 fully saturated rings. The number of methoxy groups -OCH3 is 1. The van der Waals surface area contributed by atoms with Gasteiger partial charge in [-0.05, 0) is 18.2 Å². The van der Waals surface area contributed by atoms with Gasteiger partial charge in [0.25, 0.3) is 0 Å². The molecule has 0 aliphatic carbocycles. The molecule has 3 aromatic rings. The summed E-state index contributed by atoms with van der Waals surface area (Å²) in [6.07, 6.45) is 1.58. The zero-order valence-electron chi connectivity index (χ0n) is 11.3. The van der Waals surface area contributed by atoms with Crippen LogP contribution in [-0.4, -0.2) is 28.8 Å². The minimum Gasteiger partial charge on any atom is -0.468 e. The van der Waals surface area contributed by atoms with Crippen LogP contribution in [0.15, 0.2) is 52.1 Å². The fraction of sp³-hybridized carbons (Fsp3) is 0.133. The molecule has 0 aliphatic heterocycles. The Morgan fingerprint density at radius 2 is 2.10 bits per heavy atom. The highest BCUT2D eigenvalue weighted by atomic mass is 32.2. The smallest absolute Gasteiger partial charge is 0.316 e. The molecule has 21 heavy (non-hydrogen) atoms. The number of carbonyl (C=O) groups is 1. The topological polar surface area (TPSA) is 65.2 Å². The van der Waals surface area contributed by atoms with Crippen LogP contribution in [-0.2, 0) is 9.53 Å². The highest BCUT2D eigenvalue weighted by Crippen LogP contribution is 2.28. The average Bonchev–Trinajstić information content (AvgIpc) is 3.06. The molecule has 0 unspecified atom stereocenters. The van der Waals surface area contributed by atoms with Gasteiger partial charge in [-0.2, -0.15) is 0 Å². The van der Waals surface area contributed by atoms with E-state index in [1.807, 2.05) is 24.3 Å². The van der Waals surface area contributed by atoms with Gasteiger partial charge in [0.15, 0.2) is 11.6 Å². The third-order valence-corrected chi connectivity index (χ3v) is 3.83. The molecule has 0 amide bonds. The number of para-hydroxylation sites is 1. The Hall–Kier alpha value is -2.34. The standard InChI is InChI=1S/C15H12N2O3S/c1-19-13(18)9-21-15-10-5-2-3-6-11(10)16-14(17-15)12-7-4-8-20-12/h2-8H,9H2,1H3. The lowest BCUT2D eigenvalue weighted by molar-refractivity contribution is -0.137. The summed E-state index contributed by atoms with van der Waals surface area (Å²) in [5, 5.41) is 1.64. The summed E-state index contributed by atoms with van der Waals surface area (Å²) in [4.78, 5) is 20.3. The average molecular weight is 300 g/mol. The molecule has 3 rings (SSSR count). The molecule has 5 nitrogen and oxygen atoms in total. The van der Waals surface area contributed by atoms with Crippen molar-refractivity contribution in [2.75, 3.05) is 12.9 Å². The lowest BCUT2D eigenvalue weighted by Crippen LogP contribution is -2.04. The number of ether oxygens (including phenoxy) is 1. The van der Waals surface area contributed by atoms with Gasteiger partial charge in [-0.15, -0.1) is 0 Å². The van der Waals surface area contributed by atoms with Gasteiger partial charge in [0.2, 0.25) is 0 Å². The number of furan rings is 1. The molecule has 106 valence electrons. The van der Waals surface area contributed by atoms with Gasteiger partial charge in [-0.3, -0.25) is 4.79 Å². The van der Waals surface area contributed by atoms with Crippen LogP contribution in [0.2, 0.25) is 0 Å². The first-order chi connectivity index (χ1) is 10.3. The van der Waals surface area contributed by atoms with Crippen molar-refractivity contribution >= 4 is 28.6 Å². The Morgan fingerprint density at radius 1 is 1.24 bits per heavy atom. The maximum atomic E-state index is 11.3. The predicted molar refractivity (Wildman–Crippen MR) is 80.0 cm³/mol. The molecule has 0 spiro atoms. The number of hydrogen-bond donors (Lipinski definition) is 0. The van der Waals surface area contributed by atoms with E-state index < -0.39 is 0 Å². The normalized spacial score (nSPS) is 10.7. The summed E-state index contributed by atoms with van der Waals surface area (Å²) in [5.41, 5.74) is 0.811. The summed E-state index contributed by atoms with van der Waals surface area (Å²) in [6.45, 7) is 0. The lowest BCUT2D eigenvalue weighted by Gasteiger charge is -2.06. The van der Waals surface area contributed by atoms with E-state index in [0.29, 0.717) is 11.6 Å². The highest BCUT2D eigenvalue weighted by Gasteiger charge is 2.12. The maximum Gasteiger partial charge on any atom is 0.316 e. The van der Waals surface area contributed by atoms with Gasteiger partial charge in [-0.1, -0.05) is 30.0 Å². The number of fused-ring (bicyclic) bond motifs is 1. The molecule has 2 aromatic heterocycles. The van der Waals surface area contributed by atoms with Crippen LogP contribution in [0.1, 0.15) is 0 Å². The van der Waals surface area contributed by atoms with E-state index in [-0.39, 0.29) is 11.7 Å². The minimum atomic E-state index is -0.290. The molecule has 1 aromatic carbocycles. The summed E-state index contributed by atoms with van der Waals surface area (Å²) in [5.74, 6) is 1.02. The Kier molecular flexibility index (Phi) is 3.87. The second-order valence-corrected chi connectivity index (χ2v) is 5.18. The lowest BCUT2D eigenvalue weighted by atomic mass is 10.2. The van der Waals surface area contributed by atoms with Gasteiger partial charge in [0.05, 0.1) is 24.6 Å². The van der Waals surface area contributed by atoms with Crippen LogP contribution in [0.3, 0.4) is 0 Å². The summed E-state index contributed by atoms with van der Waals surface area (Å²) in [7, 11) is 1.37. The van der Waals surface area contributed by atoms with Crippen molar-refractivity contribution in [3.05, 3.63) is 42.7 Å². The molecule has 0 bridgehead atoms. The summed E-state index contributed by atoms with van der Waals surface area (Å²) in [6, 6.07) is 11.3. The van der Waals surface area contributed by atoms with E-state index in [2.05, 4.69) is 14.7 Å². The van der Waals surface area contributed by atoms with Crippen molar-refractivity contribution in [3.63, 3.8) is 0 Å². The van der Waals surface area contributed by atoms with E-state index in [4.69, 9.17) is 4.42 Å². The number of esters is 1. The molecule has 0 saturated heterocycles. The predicted octanol–water partition coefficient (Wildman–Crippen LogP) is 3.15. The molecule has 0 aliphatic rings. The van der Waals surface area contributed by atoms with Crippen LogP contribution in [0.25, 0.3) is 22.5 Å². The number of carbonyl (C=O) groups excluding carboxylic acids is 1. The van der Waals surface area contributed by atoms with Gasteiger partial charge in [0, 0.05) is 5.39 Å². The van der Waals surface area contributed by atoms with Crippen molar-refractivity contribution in [2.24, 2.45) is 0 Å².